The van der Waals surface area contributed by atoms with Gasteiger partial charge in [0.2, 0.25) is 0 Å². The van der Waals surface area contributed by atoms with E-state index in [1.165, 1.54) is 44.9 Å². The summed E-state index contributed by atoms with van der Waals surface area (Å²) in [6.45, 7) is 14.8. The van der Waals surface area contributed by atoms with Crippen molar-refractivity contribution in [2.45, 2.75) is 122 Å². The number of hydrogen-bond acceptors (Lipinski definition) is 1. The first-order valence-electron chi connectivity index (χ1n) is 13.8. The fourth-order valence-electron chi connectivity index (χ4n) is 9.61. The van der Waals surface area contributed by atoms with Crippen LogP contribution in [-0.4, -0.2) is 15.5 Å². The molecular weight excluding hydrogens is 480 g/mol. The number of alkyl halides is 2. The first-order chi connectivity index (χ1) is 15.0. The van der Waals surface area contributed by atoms with Crippen molar-refractivity contribution in [3.8, 4) is 0 Å². The largest absolute Gasteiger partial charge is 0.298 e. The summed E-state index contributed by atoms with van der Waals surface area (Å²) in [6, 6.07) is 0. The molecule has 0 heterocycles. The lowest BCUT2D eigenvalue weighted by atomic mass is 9.44. The maximum atomic E-state index is 13.6. The van der Waals surface area contributed by atoms with Crippen molar-refractivity contribution in [1.82, 2.24) is 0 Å². The van der Waals surface area contributed by atoms with E-state index < -0.39 is 0 Å². The van der Waals surface area contributed by atoms with Crippen molar-refractivity contribution in [3.63, 3.8) is 0 Å². The van der Waals surface area contributed by atoms with E-state index in [4.69, 9.17) is 11.6 Å². The molecule has 0 N–H and O–H groups in total. The first kappa shape index (κ1) is 25.5. The van der Waals surface area contributed by atoms with E-state index in [0.29, 0.717) is 23.0 Å². The van der Waals surface area contributed by atoms with Crippen molar-refractivity contribution >= 4 is 33.3 Å². The Hall–Kier alpha value is 0.440. The second-order valence-corrected chi connectivity index (χ2v) is 15.2. The molecule has 0 saturated heterocycles. The molecule has 0 aromatic heterocycles. The molecule has 3 heteroatoms. The summed E-state index contributed by atoms with van der Waals surface area (Å²) in [6.07, 6.45) is 13.3. The van der Waals surface area contributed by atoms with Gasteiger partial charge in [0.1, 0.15) is 5.78 Å². The Morgan fingerprint density at radius 2 is 1.75 bits per heavy atom. The highest BCUT2D eigenvalue weighted by Gasteiger charge is 2.67. The fraction of sp³-hybridized carbons (Fsp3) is 0.966. The molecule has 0 radical (unpaired) electrons. The second-order valence-electron chi connectivity index (χ2n) is 13.3. The average molecular weight is 528 g/mol. The molecule has 1 nitrogen and oxygen atoms in total. The van der Waals surface area contributed by atoms with Crippen molar-refractivity contribution in [1.29, 1.82) is 0 Å². The minimum Gasteiger partial charge on any atom is -0.298 e. The Morgan fingerprint density at radius 3 is 2.41 bits per heavy atom. The van der Waals surface area contributed by atoms with E-state index in [1.54, 1.807) is 0 Å². The molecule has 0 amide bonds. The molecule has 184 valence electrons. The number of rotatable bonds is 6. The van der Waals surface area contributed by atoms with Crippen LogP contribution in [0.25, 0.3) is 0 Å². The predicted molar refractivity (Wildman–Crippen MR) is 140 cm³/mol. The van der Waals surface area contributed by atoms with Crippen LogP contribution in [0.15, 0.2) is 0 Å². The summed E-state index contributed by atoms with van der Waals surface area (Å²) in [4.78, 5) is 13.6. The molecule has 0 bridgehead atoms. The maximum Gasteiger partial charge on any atom is 0.150 e. The van der Waals surface area contributed by atoms with Gasteiger partial charge in [-0.2, -0.15) is 0 Å². The van der Waals surface area contributed by atoms with Crippen LogP contribution < -0.4 is 0 Å². The Bertz CT molecular complexity index is 707. The molecule has 4 aliphatic rings. The monoisotopic (exact) mass is 526 g/mol. The molecular formula is C29H48BrClO. The molecule has 0 aliphatic heterocycles. The summed E-state index contributed by atoms with van der Waals surface area (Å²) in [7, 11) is 0. The smallest absolute Gasteiger partial charge is 0.150 e. The molecule has 0 unspecified atom stereocenters. The second kappa shape index (κ2) is 9.15. The topological polar surface area (TPSA) is 17.1 Å². The number of halogens is 2. The van der Waals surface area contributed by atoms with Gasteiger partial charge in [-0.15, -0.1) is 11.6 Å². The van der Waals surface area contributed by atoms with Crippen LogP contribution in [0.5, 0.6) is 0 Å². The zero-order valence-electron chi connectivity index (χ0n) is 21.6. The van der Waals surface area contributed by atoms with Crippen molar-refractivity contribution in [3.05, 3.63) is 0 Å². The van der Waals surface area contributed by atoms with Crippen molar-refractivity contribution < 1.29 is 4.79 Å². The highest BCUT2D eigenvalue weighted by Crippen LogP contribution is 2.70. The summed E-state index contributed by atoms with van der Waals surface area (Å²) in [5.41, 5.74) is 0.516. The number of fused-ring (bicyclic) bond motifs is 5. The van der Waals surface area contributed by atoms with Gasteiger partial charge in [0.15, 0.2) is 0 Å². The van der Waals surface area contributed by atoms with E-state index in [1.807, 2.05) is 0 Å². The first-order valence-corrected chi connectivity index (χ1v) is 15.1. The SMILES string of the molecule is CC[C@H](CC[C@@H](C)[C@H]1CC[C@H]2[C@@H]3CC(=O)[C@@]4(Br)C[C@@H](Cl)CC[C@]4(C)[C@H]3CC[C@]12C)C(C)C. The maximum absolute atomic E-state index is 13.6. The molecule has 0 aromatic rings. The highest BCUT2D eigenvalue weighted by molar-refractivity contribution is 9.10. The number of hydrogen-bond donors (Lipinski definition) is 0. The molecule has 4 aliphatic carbocycles. The number of Topliss-reactive ketones (excluding diaryl/α,β-unsaturated/α-hetero) is 1. The lowest BCUT2D eigenvalue weighted by Gasteiger charge is -2.63. The van der Waals surface area contributed by atoms with Crippen LogP contribution in [0, 0.1) is 52.3 Å². The predicted octanol–water partition coefficient (Wildman–Crippen LogP) is 9.05. The van der Waals surface area contributed by atoms with E-state index >= 15 is 0 Å². The average Bonchev–Trinajstić information content (AvgIpc) is 3.08. The minimum atomic E-state index is -0.378. The van der Waals surface area contributed by atoms with Crippen LogP contribution >= 0.6 is 27.5 Å². The van der Waals surface area contributed by atoms with Crippen LogP contribution in [0.3, 0.4) is 0 Å². The van der Waals surface area contributed by atoms with Crippen LogP contribution in [0.4, 0.5) is 0 Å². The van der Waals surface area contributed by atoms with Crippen LogP contribution in [-0.2, 0) is 4.79 Å². The Kier molecular flexibility index (Phi) is 7.30. The summed E-state index contributed by atoms with van der Waals surface area (Å²) >= 11 is 10.6. The van der Waals surface area contributed by atoms with E-state index in [0.717, 1.165) is 55.3 Å². The molecule has 4 fully saturated rings. The number of carbonyl (C=O) groups excluding carboxylic acids is 1. The molecule has 4 saturated carbocycles. The summed E-state index contributed by atoms with van der Waals surface area (Å²) in [5, 5.41) is 0.145. The van der Waals surface area contributed by atoms with Gasteiger partial charge in [0.25, 0.3) is 0 Å². The van der Waals surface area contributed by atoms with Crippen LogP contribution in [0.2, 0.25) is 0 Å². The number of ketones is 1. The molecule has 4 rings (SSSR count). The van der Waals surface area contributed by atoms with E-state index in [2.05, 4.69) is 57.5 Å². The fourth-order valence-corrected chi connectivity index (χ4v) is 11.2. The third kappa shape index (κ3) is 3.88. The van der Waals surface area contributed by atoms with Gasteiger partial charge in [-0.1, -0.05) is 70.3 Å². The van der Waals surface area contributed by atoms with Gasteiger partial charge in [-0.05, 0) is 104 Å². The van der Waals surface area contributed by atoms with E-state index in [9.17, 15) is 4.79 Å². The molecule has 0 spiro atoms. The van der Waals surface area contributed by atoms with Gasteiger partial charge >= 0.3 is 0 Å². The molecule has 0 aromatic carbocycles. The zero-order chi connectivity index (χ0) is 23.5. The standard InChI is InChI=1S/C29H48BrClO/c1-7-20(18(2)3)9-8-19(4)23-10-11-24-22-16-26(32)29(30)17-21(31)12-15-28(29,6)25(22)13-14-27(23,24)5/h18-25H,7-17H2,1-6H3/t19-,20-,21+,22+,23-,24+,25+,27-,28-,29+/m1/s1. The third-order valence-corrected chi connectivity index (χ3v) is 13.8. The van der Waals surface area contributed by atoms with Crippen molar-refractivity contribution in [2.75, 3.05) is 0 Å². The van der Waals surface area contributed by atoms with E-state index in [-0.39, 0.29) is 15.1 Å². The minimum absolute atomic E-state index is 0.0784. The molecule has 10 atom stereocenters. The summed E-state index contributed by atoms with van der Waals surface area (Å²) in [5.74, 6) is 5.82. The Balaban J connectivity index is 1.52. The van der Waals surface area contributed by atoms with Crippen molar-refractivity contribution in [2.24, 2.45) is 52.3 Å². The summed E-state index contributed by atoms with van der Waals surface area (Å²) < 4.78 is -0.378. The van der Waals surface area contributed by atoms with Gasteiger partial charge < -0.3 is 0 Å². The lowest BCUT2D eigenvalue weighted by Crippen LogP contribution is -2.64. The molecule has 32 heavy (non-hydrogen) atoms. The number of carbonyl (C=O) groups is 1. The lowest BCUT2D eigenvalue weighted by molar-refractivity contribution is -0.147. The normalized spacial score (nSPS) is 48.2. The van der Waals surface area contributed by atoms with Crippen LogP contribution in [0.1, 0.15) is 112 Å². The van der Waals surface area contributed by atoms with Gasteiger partial charge in [-0.25, -0.2) is 0 Å². The highest BCUT2D eigenvalue weighted by atomic mass is 79.9. The van der Waals surface area contributed by atoms with Gasteiger partial charge in [0, 0.05) is 11.8 Å². The van der Waals surface area contributed by atoms with Gasteiger partial charge in [0.05, 0.1) is 4.32 Å². The zero-order valence-corrected chi connectivity index (χ0v) is 23.9. The Morgan fingerprint density at radius 1 is 1.03 bits per heavy atom. The Labute approximate surface area is 211 Å². The quantitative estimate of drug-likeness (QED) is 0.315. The van der Waals surface area contributed by atoms with Gasteiger partial charge in [-0.3, -0.25) is 4.79 Å². The third-order valence-electron chi connectivity index (χ3n) is 11.7.